The molecule has 2 aromatic carbocycles. The summed E-state index contributed by atoms with van der Waals surface area (Å²) in [4.78, 5) is 32.1. The van der Waals surface area contributed by atoms with Crippen LogP contribution in [0.5, 0.6) is 0 Å². The molecule has 0 fully saturated rings. The van der Waals surface area contributed by atoms with E-state index in [2.05, 4.69) is 30.4 Å². The van der Waals surface area contributed by atoms with Gasteiger partial charge in [-0.25, -0.2) is 28.9 Å². The minimum Gasteiger partial charge on any atom is -0.870 e. The molecule has 16 nitrogen and oxygen atoms in total. The van der Waals surface area contributed by atoms with Crippen LogP contribution in [0, 0.1) is 13.8 Å². The molecule has 4 aromatic heterocycles. The first-order valence-electron chi connectivity index (χ1n) is 16.7. The molecule has 6 aromatic rings. The number of hydrogen-bond donors (Lipinski definition) is 1. The van der Waals surface area contributed by atoms with Crippen molar-refractivity contribution in [2.75, 3.05) is 0 Å². The minimum absolute atomic E-state index is 0. The van der Waals surface area contributed by atoms with Crippen LogP contribution in [0.3, 0.4) is 0 Å². The second-order valence-corrected chi connectivity index (χ2v) is 12.9. The maximum Gasteiger partial charge on any atom is 1.00 e. The third kappa shape index (κ3) is 12.8. The fourth-order valence-electron chi connectivity index (χ4n) is 5.25. The minimum atomic E-state index is -4.49. The van der Waals surface area contributed by atoms with Crippen LogP contribution < -0.4 is 18.9 Å². The average Bonchev–Trinajstić information content (AvgIpc) is 3.93. The molecule has 0 atom stereocenters. The Kier molecular flexibility index (Phi) is 16.7. The van der Waals surface area contributed by atoms with Crippen molar-refractivity contribution in [2.45, 2.75) is 46.2 Å². The van der Waals surface area contributed by atoms with E-state index in [9.17, 15) is 41.0 Å². The molecule has 0 radical (unpaired) electrons. The van der Waals surface area contributed by atoms with Gasteiger partial charge in [0.2, 0.25) is 0 Å². The van der Waals surface area contributed by atoms with Crippen LogP contribution in [0.2, 0.25) is 0 Å². The van der Waals surface area contributed by atoms with Crippen LogP contribution in [0.25, 0.3) is 46.3 Å². The van der Waals surface area contributed by atoms with Crippen molar-refractivity contribution >= 4 is 35.5 Å². The SMILES string of the molecule is Cc1cc(-c2ncn(/C=C(/C(=O)O)c3cnn(C)c3)n2)cc(C(F)(F)F)c1.Cc1cc(-c2ncn(/C=C(/C(=O)OC(C)C)c3cnn(C)c3)n2)cc(C(F)(F)F)c1.O.[Li+].[OH-]. The summed E-state index contributed by atoms with van der Waals surface area (Å²) < 4.78 is 89.0. The number of alkyl halides is 6. The van der Waals surface area contributed by atoms with Gasteiger partial charge in [-0.2, -0.15) is 36.5 Å². The van der Waals surface area contributed by atoms with Gasteiger partial charge in [0.1, 0.15) is 12.7 Å². The van der Waals surface area contributed by atoms with Crippen molar-refractivity contribution in [1.29, 1.82) is 0 Å². The zero-order valence-electron chi connectivity index (χ0n) is 33.0. The van der Waals surface area contributed by atoms with Gasteiger partial charge >= 0.3 is 43.2 Å². The fourth-order valence-corrected chi connectivity index (χ4v) is 5.25. The van der Waals surface area contributed by atoms with Gasteiger partial charge in [0, 0.05) is 61.1 Å². The Bertz CT molecular complexity index is 2480. The van der Waals surface area contributed by atoms with E-state index in [-0.39, 0.29) is 69.8 Å². The normalized spacial score (nSPS) is 11.8. The van der Waals surface area contributed by atoms with Crippen LogP contribution in [-0.4, -0.2) is 83.2 Å². The standard InChI is InChI=1S/C20H20F3N5O2.C17H14F3N5O2.Li.2H2O/c1-12(2)30-19(29)17(15-8-25-27(4)9-15)10-28-11-24-18(26-28)14-5-13(3)6-16(7-14)20(21,22)23;1-10-3-11(5-13(4-10)17(18,19)20)15-21-9-25(23-15)8-14(16(26)27)12-6-22-24(2)7-12;;;/h5-12H,1-4H3;3-9H,1-2H3,(H,26,27);;2*1H2/q;;+1;;/p-1/b17-10+;14-8+;;;. The van der Waals surface area contributed by atoms with Crippen molar-refractivity contribution in [3.05, 3.63) is 107 Å². The molecule has 0 bridgehead atoms. The Morgan fingerprint density at radius 1 is 0.717 bits per heavy atom. The predicted octanol–water partition coefficient (Wildman–Crippen LogP) is 3.05. The summed E-state index contributed by atoms with van der Waals surface area (Å²) in [5.41, 5.74) is 0.652. The third-order valence-corrected chi connectivity index (χ3v) is 7.69. The van der Waals surface area contributed by atoms with E-state index in [1.807, 2.05) is 0 Å². The van der Waals surface area contributed by atoms with Crippen molar-refractivity contribution in [1.82, 2.24) is 49.1 Å². The second-order valence-electron chi connectivity index (χ2n) is 12.9. The molecule has 0 spiro atoms. The molecule has 0 aliphatic rings. The summed E-state index contributed by atoms with van der Waals surface area (Å²) in [6.45, 7) is 6.56. The molecule has 0 saturated carbocycles. The smallest absolute Gasteiger partial charge is 0.870 e. The number of aromatic nitrogens is 10. The first-order valence-corrected chi connectivity index (χ1v) is 16.7. The molecule has 0 amide bonds. The molecule has 23 heteroatoms. The second kappa shape index (κ2) is 20.1. The van der Waals surface area contributed by atoms with E-state index in [1.54, 1.807) is 54.1 Å². The molecule has 314 valence electrons. The Balaban J connectivity index is 0.000000396. The average molecular weight is 839 g/mol. The summed E-state index contributed by atoms with van der Waals surface area (Å²) in [5, 5.41) is 25.6. The van der Waals surface area contributed by atoms with Crippen LogP contribution in [0.4, 0.5) is 26.3 Å². The van der Waals surface area contributed by atoms with E-state index in [0.29, 0.717) is 22.3 Å². The number of aryl methyl sites for hydroxylation is 4. The number of nitrogens with zero attached hydrogens (tertiary/aromatic N) is 10. The van der Waals surface area contributed by atoms with Crippen molar-refractivity contribution < 1.29 is 75.6 Å². The van der Waals surface area contributed by atoms with Gasteiger partial charge in [-0.15, -0.1) is 10.2 Å². The van der Waals surface area contributed by atoms with Crippen LogP contribution in [0.15, 0.2) is 73.8 Å². The molecule has 6 rings (SSSR count). The van der Waals surface area contributed by atoms with Crippen molar-refractivity contribution in [2.24, 2.45) is 14.1 Å². The summed E-state index contributed by atoms with van der Waals surface area (Å²) in [6.07, 6.45) is 1.91. The summed E-state index contributed by atoms with van der Waals surface area (Å²) in [5.74, 6) is -1.63. The number of carboxylic acid groups (broad SMARTS) is 1. The Morgan fingerprint density at radius 2 is 1.12 bits per heavy atom. The summed E-state index contributed by atoms with van der Waals surface area (Å²) >= 11 is 0. The van der Waals surface area contributed by atoms with E-state index in [0.717, 1.165) is 28.9 Å². The van der Waals surface area contributed by atoms with Gasteiger partial charge in [0.25, 0.3) is 0 Å². The molecule has 4 heterocycles. The number of carbonyl (C=O) groups excluding carboxylic acids is 1. The Hall–Kier alpha value is -6.34. The number of aliphatic carboxylic acids is 1. The topological polar surface area (TPSA) is 222 Å². The zero-order valence-corrected chi connectivity index (χ0v) is 33.0. The van der Waals surface area contributed by atoms with E-state index in [4.69, 9.17) is 4.74 Å². The van der Waals surface area contributed by atoms with Gasteiger partial charge in [-0.05, 0) is 75.2 Å². The number of ether oxygens (including phenoxy) is 1. The number of rotatable bonds is 9. The molecule has 0 saturated heterocycles. The molecule has 0 aliphatic carbocycles. The van der Waals surface area contributed by atoms with Crippen molar-refractivity contribution in [3.63, 3.8) is 0 Å². The van der Waals surface area contributed by atoms with E-state index in [1.165, 1.54) is 63.8 Å². The molecular formula is C37H37F6LiN10O6. The maximum atomic E-state index is 13.1. The van der Waals surface area contributed by atoms with Crippen LogP contribution in [-0.2, 0) is 40.8 Å². The number of carbonyl (C=O) groups is 2. The maximum absolute atomic E-state index is 13.1. The van der Waals surface area contributed by atoms with Crippen LogP contribution >= 0.6 is 0 Å². The van der Waals surface area contributed by atoms with E-state index < -0.39 is 35.4 Å². The van der Waals surface area contributed by atoms with Gasteiger partial charge in [0.05, 0.1) is 40.8 Å². The molecule has 60 heavy (non-hydrogen) atoms. The number of benzene rings is 2. The zero-order chi connectivity index (χ0) is 41.8. The molecule has 0 unspecified atom stereocenters. The monoisotopic (exact) mass is 838 g/mol. The van der Waals surface area contributed by atoms with E-state index >= 15 is 0 Å². The summed E-state index contributed by atoms with van der Waals surface area (Å²) in [7, 11) is 3.35. The van der Waals surface area contributed by atoms with Gasteiger partial charge in [-0.1, -0.05) is 0 Å². The third-order valence-electron chi connectivity index (χ3n) is 7.69. The first-order chi connectivity index (χ1) is 26.7. The first kappa shape index (κ1) is 49.8. The Morgan fingerprint density at radius 3 is 1.47 bits per heavy atom. The molecule has 0 aliphatic heterocycles. The largest absolute Gasteiger partial charge is 1.00 e. The molecular weight excluding hydrogens is 801 g/mol. The van der Waals surface area contributed by atoms with Gasteiger partial charge in [0.15, 0.2) is 11.6 Å². The van der Waals surface area contributed by atoms with Gasteiger partial charge in [-0.3, -0.25) is 9.36 Å². The number of halogens is 6. The van der Waals surface area contributed by atoms with Crippen LogP contribution in [0.1, 0.15) is 47.2 Å². The number of hydrogen-bond acceptors (Lipinski definition) is 10. The fraction of sp³-hybridized carbons (Fsp3) is 0.243. The van der Waals surface area contributed by atoms with Gasteiger partial charge < -0.3 is 20.8 Å². The quantitative estimate of drug-likeness (QED) is 0.0965. The van der Waals surface area contributed by atoms with Crippen molar-refractivity contribution in [3.8, 4) is 22.8 Å². The molecule has 4 N–H and O–H groups in total. The summed E-state index contributed by atoms with van der Waals surface area (Å²) in [6, 6.07) is 7.13. The number of esters is 1. The Labute approximate surface area is 349 Å². The number of carboxylic acids is 1. The predicted molar refractivity (Wildman–Crippen MR) is 200 cm³/mol.